The SMILES string of the molecule is NCC(CN)NC(=O)C[C@H](N)C(=O)N[C@@H](Cc1ccc(C(F)(F)F)cc1)C(=O)Nc1cccc(C(F)(F)F)c1. The zero-order valence-electron chi connectivity index (χ0n) is 20.4. The fourth-order valence-electron chi connectivity index (χ4n) is 3.35. The summed E-state index contributed by atoms with van der Waals surface area (Å²) in [5.41, 5.74) is 14.7. The van der Waals surface area contributed by atoms with Gasteiger partial charge in [-0.25, -0.2) is 0 Å². The number of nitrogens with one attached hydrogen (secondary N) is 3. The molecule has 0 aliphatic rings. The highest BCUT2D eigenvalue weighted by Gasteiger charge is 2.32. The lowest BCUT2D eigenvalue weighted by molar-refractivity contribution is -0.138. The summed E-state index contributed by atoms with van der Waals surface area (Å²) in [6.45, 7) is 0.0726. The van der Waals surface area contributed by atoms with Gasteiger partial charge in [-0.1, -0.05) is 18.2 Å². The van der Waals surface area contributed by atoms with Gasteiger partial charge in [0.15, 0.2) is 0 Å². The topological polar surface area (TPSA) is 165 Å². The number of benzene rings is 2. The Balaban J connectivity index is 2.22. The Morgan fingerprint density at radius 1 is 0.795 bits per heavy atom. The number of carbonyl (C=O) groups excluding carboxylic acids is 3. The van der Waals surface area contributed by atoms with Crippen LogP contribution in [0.15, 0.2) is 48.5 Å². The number of alkyl halides is 6. The van der Waals surface area contributed by atoms with Gasteiger partial charge in [-0.15, -0.1) is 0 Å². The monoisotopic (exact) mass is 562 g/mol. The first-order valence-electron chi connectivity index (χ1n) is 11.5. The second kappa shape index (κ2) is 13.4. The van der Waals surface area contributed by atoms with Crippen LogP contribution in [0.25, 0.3) is 0 Å². The Labute approximate surface area is 219 Å². The molecule has 39 heavy (non-hydrogen) atoms. The molecule has 0 saturated heterocycles. The molecule has 0 aromatic heterocycles. The summed E-state index contributed by atoms with van der Waals surface area (Å²) in [6.07, 6.45) is -10.1. The molecule has 3 amide bonds. The van der Waals surface area contributed by atoms with Gasteiger partial charge in [-0.05, 0) is 35.9 Å². The number of nitrogens with two attached hydrogens (primary N) is 3. The number of amides is 3. The Hall–Kier alpha value is -3.69. The third-order valence-electron chi connectivity index (χ3n) is 5.49. The molecule has 0 unspecified atom stereocenters. The summed E-state index contributed by atoms with van der Waals surface area (Å²) < 4.78 is 77.8. The van der Waals surface area contributed by atoms with E-state index in [1.807, 2.05) is 0 Å². The summed E-state index contributed by atoms with van der Waals surface area (Å²) in [6, 6.07) is 3.98. The van der Waals surface area contributed by atoms with Crippen LogP contribution in [0.4, 0.5) is 32.0 Å². The van der Waals surface area contributed by atoms with E-state index in [1.165, 1.54) is 6.07 Å². The molecule has 2 atom stereocenters. The minimum atomic E-state index is -4.69. The minimum Gasteiger partial charge on any atom is -0.351 e. The number of rotatable bonds is 11. The summed E-state index contributed by atoms with van der Waals surface area (Å²) in [7, 11) is 0. The highest BCUT2D eigenvalue weighted by molar-refractivity contribution is 5.98. The lowest BCUT2D eigenvalue weighted by Crippen LogP contribution is -2.53. The molecule has 9 N–H and O–H groups in total. The molecule has 0 fully saturated rings. The van der Waals surface area contributed by atoms with Crippen LogP contribution in [0.3, 0.4) is 0 Å². The predicted molar refractivity (Wildman–Crippen MR) is 130 cm³/mol. The molecule has 2 aromatic rings. The van der Waals surface area contributed by atoms with E-state index in [0.29, 0.717) is 6.07 Å². The lowest BCUT2D eigenvalue weighted by atomic mass is 10.0. The number of hydrogen-bond donors (Lipinski definition) is 6. The van der Waals surface area contributed by atoms with E-state index in [4.69, 9.17) is 17.2 Å². The van der Waals surface area contributed by atoms with Crippen molar-refractivity contribution in [1.29, 1.82) is 0 Å². The third kappa shape index (κ3) is 9.85. The number of carbonyl (C=O) groups is 3. The van der Waals surface area contributed by atoms with Crippen molar-refractivity contribution in [3.05, 3.63) is 65.2 Å². The molecule has 15 heteroatoms. The molecule has 9 nitrogen and oxygen atoms in total. The third-order valence-corrected chi connectivity index (χ3v) is 5.49. The van der Waals surface area contributed by atoms with Gasteiger partial charge >= 0.3 is 12.4 Å². The molecule has 0 heterocycles. The van der Waals surface area contributed by atoms with Crippen molar-refractivity contribution in [2.24, 2.45) is 17.2 Å². The molecule has 0 spiro atoms. The Kier molecular flexibility index (Phi) is 10.8. The standard InChI is InChI=1S/C24H28F6N6O3/c25-23(26,27)14-6-4-13(5-7-14)8-19(22(39)35-16-3-1-2-15(9-16)24(28,29)30)36-21(38)18(33)10-20(37)34-17(11-31)12-32/h1-7,9,17-19H,8,10-12,31-33H2,(H,34,37)(H,35,39)(H,36,38)/t18-,19-/m0/s1. The van der Waals surface area contributed by atoms with Gasteiger partial charge in [0.05, 0.1) is 29.6 Å². The maximum Gasteiger partial charge on any atom is 0.416 e. The molecule has 0 aliphatic carbocycles. The average molecular weight is 563 g/mol. The average Bonchev–Trinajstić information content (AvgIpc) is 2.86. The van der Waals surface area contributed by atoms with Crippen molar-refractivity contribution in [3.8, 4) is 0 Å². The smallest absolute Gasteiger partial charge is 0.351 e. The first-order chi connectivity index (χ1) is 18.1. The maximum absolute atomic E-state index is 13.0. The van der Waals surface area contributed by atoms with E-state index in [0.717, 1.165) is 36.4 Å². The van der Waals surface area contributed by atoms with Crippen molar-refractivity contribution >= 4 is 23.4 Å². The van der Waals surface area contributed by atoms with Crippen molar-refractivity contribution in [1.82, 2.24) is 10.6 Å². The van der Waals surface area contributed by atoms with Crippen LogP contribution in [0, 0.1) is 0 Å². The van der Waals surface area contributed by atoms with Crippen LogP contribution in [-0.4, -0.2) is 48.9 Å². The van der Waals surface area contributed by atoms with Crippen LogP contribution >= 0.6 is 0 Å². The largest absolute Gasteiger partial charge is 0.416 e. The number of anilines is 1. The van der Waals surface area contributed by atoms with E-state index in [-0.39, 0.29) is 30.8 Å². The zero-order valence-corrected chi connectivity index (χ0v) is 20.4. The fraction of sp³-hybridized carbons (Fsp3) is 0.375. The van der Waals surface area contributed by atoms with Gasteiger partial charge in [0.2, 0.25) is 17.7 Å². The summed E-state index contributed by atoms with van der Waals surface area (Å²) in [4.78, 5) is 37.8. The first kappa shape index (κ1) is 31.5. The number of hydrogen-bond acceptors (Lipinski definition) is 6. The summed E-state index contributed by atoms with van der Waals surface area (Å²) in [5, 5.41) is 7.04. The van der Waals surface area contributed by atoms with Crippen molar-refractivity contribution in [2.45, 2.75) is 43.3 Å². The Morgan fingerprint density at radius 3 is 1.92 bits per heavy atom. The molecule has 0 aliphatic heterocycles. The van der Waals surface area contributed by atoms with Gasteiger partial charge in [0.25, 0.3) is 0 Å². The van der Waals surface area contributed by atoms with E-state index < -0.39 is 65.7 Å². The molecule has 214 valence electrons. The maximum atomic E-state index is 13.0. The molecule has 0 saturated carbocycles. The molecule has 0 radical (unpaired) electrons. The molecule has 2 aromatic carbocycles. The molecule has 0 bridgehead atoms. The second-order valence-corrected chi connectivity index (χ2v) is 8.57. The van der Waals surface area contributed by atoms with E-state index in [9.17, 15) is 40.7 Å². The van der Waals surface area contributed by atoms with Crippen molar-refractivity contribution in [3.63, 3.8) is 0 Å². The zero-order chi connectivity index (χ0) is 29.4. The van der Waals surface area contributed by atoms with E-state index in [1.54, 1.807) is 0 Å². The van der Waals surface area contributed by atoms with Gasteiger partial charge in [-0.2, -0.15) is 26.3 Å². The summed E-state index contributed by atoms with van der Waals surface area (Å²) >= 11 is 0. The molecular formula is C24H28F6N6O3. The van der Waals surface area contributed by atoms with Crippen molar-refractivity contribution < 1.29 is 40.7 Å². The Bertz CT molecular complexity index is 1140. The van der Waals surface area contributed by atoms with Gasteiger partial charge in [0.1, 0.15) is 6.04 Å². The fourth-order valence-corrected chi connectivity index (χ4v) is 3.35. The van der Waals surface area contributed by atoms with Crippen LogP contribution in [0.1, 0.15) is 23.1 Å². The van der Waals surface area contributed by atoms with Crippen LogP contribution in [-0.2, 0) is 33.2 Å². The molecule has 2 rings (SSSR count). The summed E-state index contributed by atoms with van der Waals surface area (Å²) in [5.74, 6) is -2.57. The van der Waals surface area contributed by atoms with Crippen LogP contribution in [0.2, 0.25) is 0 Å². The number of halogens is 6. The predicted octanol–water partition coefficient (Wildman–Crippen LogP) is 1.51. The highest BCUT2D eigenvalue weighted by Crippen LogP contribution is 2.31. The Morgan fingerprint density at radius 2 is 1.38 bits per heavy atom. The van der Waals surface area contributed by atoms with E-state index >= 15 is 0 Å². The lowest BCUT2D eigenvalue weighted by Gasteiger charge is -2.22. The normalized spacial score (nSPS) is 13.5. The quantitative estimate of drug-likeness (QED) is 0.227. The van der Waals surface area contributed by atoms with Crippen molar-refractivity contribution in [2.75, 3.05) is 18.4 Å². The van der Waals surface area contributed by atoms with Crippen LogP contribution in [0.5, 0.6) is 0 Å². The highest BCUT2D eigenvalue weighted by atomic mass is 19.4. The van der Waals surface area contributed by atoms with Crippen LogP contribution < -0.4 is 33.2 Å². The van der Waals surface area contributed by atoms with Gasteiger partial charge in [0, 0.05) is 25.2 Å². The van der Waals surface area contributed by atoms with Gasteiger partial charge < -0.3 is 33.2 Å². The van der Waals surface area contributed by atoms with Gasteiger partial charge in [-0.3, -0.25) is 14.4 Å². The second-order valence-electron chi connectivity index (χ2n) is 8.57. The molecular weight excluding hydrogens is 534 g/mol. The van der Waals surface area contributed by atoms with E-state index in [2.05, 4.69) is 16.0 Å². The minimum absolute atomic E-state index is 0.0363. The first-order valence-corrected chi connectivity index (χ1v) is 11.5.